The summed E-state index contributed by atoms with van der Waals surface area (Å²) in [4.78, 5) is 25.0. The van der Waals surface area contributed by atoms with Gasteiger partial charge in [0, 0.05) is 27.8 Å². The van der Waals surface area contributed by atoms with Gasteiger partial charge in [-0.3, -0.25) is 0 Å². The zero-order valence-corrected chi connectivity index (χ0v) is 27.0. The minimum Gasteiger partial charge on any atom is -0.479 e. The molecule has 5 aromatic rings. The summed E-state index contributed by atoms with van der Waals surface area (Å²) in [7, 11) is 2.18. The number of imidazole rings is 1. The smallest absolute Gasteiger partial charge is 0.337 e. The molecule has 0 bridgehead atoms. The maximum atomic E-state index is 12.7. The van der Waals surface area contributed by atoms with Gasteiger partial charge < -0.3 is 19.3 Å². The van der Waals surface area contributed by atoms with Gasteiger partial charge in [-0.25, -0.2) is 14.8 Å². The molecule has 1 aliphatic rings. The maximum absolute atomic E-state index is 12.7. The first kappa shape index (κ1) is 29.8. The Bertz CT molecular complexity index is 1830. The largest absolute Gasteiger partial charge is 0.479 e. The Morgan fingerprint density at radius 2 is 1.70 bits per heavy atom. The molecule has 0 radical (unpaired) electrons. The number of aryl methyl sites for hydroxylation is 2. The van der Waals surface area contributed by atoms with Gasteiger partial charge in [-0.2, -0.15) is 0 Å². The van der Waals surface area contributed by atoms with Gasteiger partial charge in [-0.1, -0.05) is 23.7 Å². The molecule has 6 rings (SSSR count). The molecule has 0 aliphatic carbocycles. The van der Waals surface area contributed by atoms with E-state index in [0.29, 0.717) is 16.6 Å². The van der Waals surface area contributed by atoms with Crippen LogP contribution >= 0.6 is 22.9 Å². The van der Waals surface area contributed by atoms with Gasteiger partial charge in [0.15, 0.2) is 6.10 Å². The summed E-state index contributed by atoms with van der Waals surface area (Å²) in [6, 6.07) is 16.3. The summed E-state index contributed by atoms with van der Waals surface area (Å²) in [6.45, 7) is 11.8. The first-order chi connectivity index (χ1) is 20.4. The van der Waals surface area contributed by atoms with Crippen LogP contribution in [0, 0.1) is 13.8 Å². The molecular formula is C34H37ClN4O3S. The van der Waals surface area contributed by atoms with Crippen molar-refractivity contribution in [1.82, 2.24) is 19.4 Å². The number of fused-ring (bicyclic) bond motifs is 2. The third kappa shape index (κ3) is 5.81. The number of carboxylic acids is 1. The third-order valence-electron chi connectivity index (χ3n) is 8.18. The first-order valence-corrected chi connectivity index (χ1v) is 15.9. The van der Waals surface area contributed by atoms with Crippen molar-refractivity contribution in [3.63, 3.8) is 0 Å². The van der Waals surface area contributed by atoms with E-state index < -0.39 is 17.7 Å². The number of ether oxygens (including phenoxy) is 1. The van der Waals surface area contributed by atoms with Crippen molar-refractivity contribution < 1.29 is 14.6 Å². The molecule has 7 nitrogen and oxygen atoms in total. The zero-order chi connectivity index (χ0) is 30.6. The number of aromatic nitrogens is 3. The number of carbonyl (C=O) groups is 1. The average molecular weight is 617 g/mol. The number of hydrogen-bond acceptors (Lipinski definition) is 6. The van der Waals surface area contributed by atoms with Crippen molar-refractivity contribution in [1.29, 1.82) is 0 Å². The van der Waals surface area contributed by atoms with E-state index in [1.54, 1.807) is 11.3 Å². The molecule has 224 valence electrons. The number of rotatable bonds is 6. The van der Waals surface area contributed by atoms with E-state index in [2.05, 4.69) is 41.6 Å². The molecule has 43 heavy (non-hydrogen) atoms. The zero-order valence-electron chi connectivity index (χ0n) is 25.4. The lowest BCUT2D eigenvalue weighted by atomic mass is 9.91. The number of nitrogens with zero attached hydrogens (tertiary/aromatic N) is 4. The van der Waals surface area contributed by atoms with E-state index in [-0.39, 0.29) is 0 Å². The van der Waals surface area contributed by atoms with Crippen LogP contribution in [-0.2, 0) is 9.53 Å². The van der Waals surface area contributed by atoms with Crippen LogP contribution in [0.4, 0.5) is 0 Å². The molecule has 1 N–H and O–H groups in total. The first-order valence-electron chi connectivity index (χ1n) is 14.7. The minimum absolute atomic E-state index is 0.421. The molecule has 2 aromatic heterocycles. The van der Waals surface area contributed by atoms with Crippen LogP contribution < -0.4 is 0 Å². The number of carboxylic acid groups (broad SMARTS) is 1. The number of hydrogen-bond donors (Lipinski definition) is 1. The topological polar surface area (TPSA) is 80.5 Å². The molecule has 0 amide bonds. The lowest BCUT2D eigenvalue weighted by Gasteiger charge is -2.30. The van der Waals surface area contributed by atoms with Gasteiger partial charge in [-0.05, 0) is 115 Å². The van der Waals surface area contributed by atoms with Gasteiger partial charge in [0.25, 0.3) is 0 Å². The molecule has 1 saturated heterocycles. The van der Waals surface area contributed by atoms with Gasteiger partial charge in [0.2, 0.25) is 0 Å². The highest BCUT2D eigenvalue weighted by atomic mass is 35.5. The van der Waals surface area contributed by atoms with Crippen LogP contribution in [0.1, 0.15) is 62.7 Å². The predicted octanol–water partition coefficient (Wildman–Crippen LogP) is 8.46. The molecule has 3 heterocycles. The Balaban J connectivity index is 1.54. The SMILES string of the molecule is Cc1cc2nc(-c3ccc4nc(C)n(C5CCN(C)CC5)c4c3)sc2c(-c2ccc(Cl)cc2)c1C(OC(C)(C)C)C(=O)O. The van der Waals surface area contributed by atoms with Gasteiger partial charge in [0.1, 0.15) is 10.8 Å². The fraction of sp³-hybridized carbons (Fsp3) is 0.382. The summed E-state index contributed by atoms with van der Waals surface area (Å²) >= 11 is 7.83. The van der Waals surface area contributed by atoms with Crippen LogP contribution in [0.25, 0.3) is 42.9 Å². The number of benzene rings is 3. The van der Waals surface area contributed by atoms with E-state index in [0.717, 1.165) is 80.3 Å². The van der Waals surface area contributed by atoms with Crippen LogP contribution in [-0.4, -0.2) is 56.2 Å². The molecule has 3 aromatic carbocycles. The number of piperidine rings is 1. The Labute approximate surface area is 261 Å². The fourth-order valence-corrected chi connectivity index (χ4v) is 7.47. The highest BCUT2D eigenvalue weighted by Crippen LogP contribution is 2.45. The molecular weight excluding hydrogens is 580 g/mol. The summed E-state index contributed by atoms with van der Waals surface area (Å²) in [5.74, 6) is 0.00942. The standard InChI is InChI=1S/C34H37ClN4O3S/c1-19-17-26-31(29(21-7-10-23(35)11-8-21)28(19)30(33(40)41)42-34(3,4)5)43-32(37-26)22-9-12-25-27(18-22)39(20(2)36-25)24-13-15-38(6)16-14-24/h7-12,17-18,24,30H,13-16H2,1-6H3,(H,40,41). The highest BCUT2D eigenvalue weighted by molar-refractivity contribution is 7.22. The molecule has 9 heteroatoms. The maximum Gasteiger partial charge on any atom is 0.337 e. The Kier molecular flexibility index (Phi) is 7.84. The van der Waals surface area contributed by atoms with Gasteiger partial charge in [0.05, 0.1) is 26.9 Å². The van der Waals surface area contributed by atoms with E-state index in [4.69, 9.17) is 26.3 Å². The Morgan fingerprint density at radius 1 is 1.02 bits per heavy atom. The van der Waals surface area contributed by atoms with Crippen molar-refractivity contribution >= 4 is 50.2 Å². The molecule has 0 saturated carbocycles. The van der Waals surface area contributed by atoms with Crippen LogP contribution in [0.3, 0.4) is 0 Å². The second-order valence-corrected chi connectivity index (χ2v) is 14.0. The van der Waals surface area contributed by atoms with Crippen LogP contribution in [0.2, 0.25) is 5.02 Å². The van der Waals surface area contributed by atoms with Crippen molar-refractivity contribution in [2.24, 2.45) is 0 Å². The summed E-state index contributed by atoms with van der Waals surface area (Å²) in [5.41, 5.74) is 6.45. The second kappa shape index (κ2) is 11.3. The third-order valence-corrected chi connectivity index (χ3v) is 9.57. The van der Waals surface area contributed by atoms with E-state index in [1.807, 2.05) is 58.0 Å². The van der Waals surface area contributed by atoms with Crippen LogP contribution in [0.15, 0.2) is 48.5 Å². The quantitative estimate of drug-likeness (QED) is 0.206. The lowest BCUT2D eigenvalue weighted by molar-refractivity contribution is -0.160. The number of thiazole rings is 1. The van der Waals surface area contributed by atoms with Crippen molar-refractivity contribution in [2.45, 2.75) is 65.2 Å². The molecule has 0 spiro atoms. The van der Waals surface area contributed by atoms with E-state index >= 15 is 0 Å². The highest BCUT2D eigenvalue weighted by Gasteiger charge is 2.32. The minimum atomic E-state index is -1.15. The second-order valence-electron chi connectivity index (χ2n) is 12.6. The van der Waals surface area contributed by atoms with E-state index in [1.165, 1.54) is 0 Å². The normalized spacial score (nSPS) is 15.9. The number of likely N-dealkylation sites (tertiary alicyclic amines) is 1. The van der Waals surface area contributed by atoms with Crippen LogP contribution in [0.5, 0.6) is 0 Å². The monoisotopic (exact) mass is 616 g/mol. The average Bonchev–Trinajstić information content (AvgIpc) is 3.51. The van der Waals surface area contributed by atoms with Crippen molar-refractivity contribution in [3.05, 3.63) is 70.5 Å². The summed E-state index contributed by atoms with van der Waals surface area (Å²) < 4.78 is 9.49. The summed E-state index contributed by atoms with van der Waals surface area (Å²) in [5, 5.41) is 11.9. The molecule has 1 atom stereocenters. The molecule has 1 unspecified atom stereocenters. The Morgan fingerprint density at radius 3 is 2.35 bits per heavy atom. The van der Waals surface area contributed by atoms with Crippen molar-refractivity contribution in [3.8, 4) is 21.7 Å². The predicted molar refractivity (Wildman–Crippen MR) is 175 cm³/mol. The Hall–Kier alpha value is -3.30. The van der Waals surface area contributed by atoms with Crippen molar-refractivity contribution in [2.75, 3.05) is 20.1 Å². The molecule has 1 aliphatic heterocycles. The van der Waals surface area contributed by atoms with Gasteiger partial charge >= 0.3 is 5.97 Å². The fourth-order valence-electron chi connectivity index (χ4n) is 6.22. The van der Waals surface area contributed by atoms with E-state index in [9.17, 15) is 9.90 Å². The number of halogens is 1. The summed E-state index contributed by atoms with van der Waals surface area (Å²) in [6.07, 6.45) is 1.05. The number of aliphatic carboxylic acids is 1. The lowest BCUT2D eigenvalue weighted by Crippen LogP contribution is -2.31. The van der Waals surface area contributed by atoms with Gasteiger partial charge in [-0.15, -0.1) is 11.3 Å². The molecule has 1 fully saturated rings.